The highest BCUT2D eigenvalue weighted by Gasteiger charge is 2.10. The minimum atomic E-state index is -0.0695. The Balaban J connectivity index is 1.64. The van der Waals surface area contributed by atoms with E-state index >= 15 is 0 Å². The van der Waals surface area contributed by atoms with Gasteiger partial charge in [-0.3, -0.25) is 9.78 Å². The molecule has 122 valence electrons. The van der Waals surface area contributed by atoms with E-state index in [0.717, 1.165) is 17.2 Å². The van der Waals surface area contributed by atoms with Crippen molar-refractivity contribution in [3.63, 3.8) is 0 Å². The predicted molar refractivity (Wildman–Crippen MR) is 93.8 cm³/mol. The van der Waals surface area contributed by atoms with Crippen LogP contribution in [0, 0.1) is 6.92 Å². The molecule has 2 aromatic heterocycles. The maximum atomic E-state index is 12.1. The minimum Gasteiger partial charge on any atom is -0.328 e. The van der Waals surface area contributed by atoms with Crippen LogP contribution in [0.25, 0.3) is 0 Å². The summed E-state index contributed by atoms with van der Waals surface area (Å²) in [5.41, 5.74) is 2.71. The highest BCUT2D eigenvalue weighted by Crippen LogP contribution is 2.21. The fourth-order valence-corrected chi connectivity index (χ4v) is 2.67. The van der Waals surface area contributed by atoms with Crippen LogP contribution >= 0.6 is 0 Å². The Labute approximate surface area is 141 Å². The van der Waals surface area contributed by atoms with E-state index in [1.54, 1.807) is 12.4 Å². The maximum Gasteiger partial charge on any atom is 0.230 e. The first kappa shape index (κ1) is 15.9. The van der Waals surface area contributed by atoms with Crippen LogP contribution in [0.3, 0.4) is 0 Å². The van der Waals surface area contributed by atoms with Crippen LogP contribution in [0.5, 0.6) is 0 Å². The van der Waals surface area contributed by atoms with Gasteiger partial charge in [0.15, 0.2) is 0 Å². The third kappa shape index (κ3) is 3.68. The molecule has 3 rings (SSSR count). The number of amides is 1. The van der Waals surface area contributed by atoms with Gasteiger partial charge in [0.05, 0.1) is 12.5 Å². The topological polar surface area (TPSA) is 59.8 Å². The molecular weight excluding hydrogens is 300 g/mol. The van der Waals surface area contributed by atoms with Gasteiger partial charge in [0.2, 0.25) is 5.91 Å². The van der Waals surface area contributed by atoms with Crippen molar-refractivity contribution < 1.29 is 4.79 Å². The predicted octanol–water partition coefficient (Wildman–Crippen LogP) is 3.38. The zero-order chi connectivity index (χ0) is 16.9. The largest absolute Gasteiger partial charge is 0.328 e. The van der Waals surface area contributed by atoms with Crippen molar-refractivity contribution in [2.24, 2.45) is 0 Å². The monoisotopic (exact) mass is 320 g/mol. The number of carbonyl (C=O) groups excluding carboxylic acids is 1. The summed E-state index contributed by atoms with van der Waals surface area (Å²) >= 11 is 0. The van der Waals surface area contributed by atoms with Gasteiger partial charge in [0.25, 0.3) is 0 Å². The van der Waals surface area contributed by atoms with Gasteiger partial charge in [-0.05, 0) is 43.7 Å². The van der Waals surface area contributed by atoms with E-state index in [1.807, 2.05) is 55.6 Å². The Morgan fingerprint density at radius 1 is 1.12 bits per heavy atom. The van der Waals surface area contributed by atoms with Crippen molar-refractivity contribution >= 4 is 11.6 Å². The molecule has 0 unspecified atom stereocenters. The molecule has 24 heavy (non-hydrogen) atoms. The number of anilines is 1. The number of pyridine rings is 1. The van der Waals surface area contributed by atoms with E-state index in [4.69, 9.17) is 0 Å². The molecule has 0 bridgehead atoms. The first-order valence-corrected chi connectivity index (χ1v) is 7.92. The van der Waals surface area contributed by atoms with E-state index in [-0.39, 0.29) is 18.4 Å². The van der Waals surface area contributed by atoms with Crippen molar-refractivity contribution in [3.05, 3.63) is 78.1 Å². The van der Waals surface area contributed by atoms with E-state index in [1.165, 1.54) is 5.56 Å². The number of hydrogen-bond donors (Lipinski definition) is 1. The second-order valence-electron chi connectivity index (χ2n) is 5.73. The molecular formula is C19H20N4O. The Bertz CT molecular complexity index is 809. The summed E-state index contributed by atoms with van der Waals surface area (Å²) < 4.78 is 2.12. The van der Waals surface area contributed by atoms with Gasteiger partial charge in [0.1, 0.15) is 5.82 Å². The minimum absolute atomic E-state index is 0.0695. The quantitative estimate of drug-likeness (QED) is 0.784. The summed E-state index contributed by atoms with van der Waals surface area (Å²) in [7, 11) is 0. The number of aromatic nitrogens is 3. The molecule has 0 spiro atoms. The van der Waals surface area contributed by atoms with Gasteiger partial charge >= 0.3 is 0 Å². The Hall–Kier alpha value is -2.95. The van der Waals surface area contributed by atoms with Crippen molar-refractivity contribution in [3.8, 4) is 0 Å². The SMILES string of the molecule is Cc1nccn1[C@@H](C)c1ccc(NC(=O)Cc2ccccn2)cc1. The zero-order valence-electron chi connectivity index (χ0n) is 13.8. The average molecular weight is 320 g/mol. The Morgan fingerprint density at radius 3 is 2.54 bits per heavy atom. The molecule has 0 saturated carbocycles. The molecule has 2 heterocycles. The molecule has 5 nitrogen and oxygen atoms in total. The maximum absolute atomic E-state index is 12.1. The summed E-state index contributed by atoms with van der Waals surface area (Å²) in [4.78, 5) is 20.5. The van der Waals surface area contributed by atoms with Crippen LogP contribution in [0.15, 0.2) is 61.1 Å². The molecule has 1 aromatic carbocycles. The van der Waals surface area contributed by atoms with Crippen LogP contribution < -0.4 is 5.32 Å². The lowest BCUT2D eigenvalue weighted by atomic mass is 10.1. The molecule has 0 saturated heterocycles. The second-order valence-corrected chi connectivity index (χ2v) is 5.73. The van der Waals surface area contributed by atoms with Crippen LogP contribution in [0.2, 0.25) is 0 Å². The molecule has 0 radical (unpaired) electrons. The molecule has 0 aliphatic rings. The molecule has 1 amide bonds. The first-order valence-electron chi connectivity index (χ1n) is 7.92. The lowest BCUT2D eigenvalue weighted by Crippen LogP contribution is -2.15. The van der Waals surface area contributed by atoms with E-state index < -0.39 is 0 Å². The summed E-state index contributed by atoms with van der Waals surface area (Å²) in [5, 5.41) is 2.90. The van der Waals surface area contributed by atoms with E-state index in [2.05, 4.69) is 26.8 Å². The van der Waals surface area contributed by atoms with Gasteiger partial charge in [0, 0.05) is 30.0 Å². The molecule has 3 aromatic rings. The van der Waals surface area contributed by atoms with Crippen LogP contribution in [-0.2, 0) is 11.2 Å². The van der Waals surface area contributed by atoms with Crippen LogP contribution in [0.1, 0.15) is 30.0 Å². The van der Waals surface area contributed by atoms with Crippen molar-refractivity contribution in [1.29, 1.82) is 0 Å². The van der Waals surface area contributed by atoms with Gasteiger partial charge < -0.3 is 9.88 Å². The fourth-order valence-electron chi connectivity index (χ4n) is 2.67. The van der Waals surface area contributed by atoms with Crippen LogP contribution in [-0.4, -0.2) is 20.4 Å². The van der Waals surface area contributed by atoms with Gasteiger partial charge in [-0.15, -0.1) is 0 Å². The number of rotatable bonds is 5. The third-order valence-electron chi connectivity index (χ3n) is 4.02. The number of hydrogen-bond acceptors (Lipinski definition) is 3. The molecule has 0 aliphatic carbocycles. The third-order valence-corrected chi connectivity index (χ3v) is 4.02. The van der Waals surface area contributed by atoms with Crippen molar-refractivity contribution in [1.82, 2.24) is 14.5 Å². The van der Waals surface area contributed by atoms with E-state index in [9.17, 15) is 4.79 Å². The molecule has 1 N–H and O–H groups in total. The van der Waals surface area contributed by atoms with E-state index in [0.29, 0.717) is 0 Å². The fraction of sp³-hybridized carbons (Fsp3) is 0.211. The van der Waals surface area contributed by atoms with Gasteiger partial charge in [-0.1, -0.05) is 18.2 Å². The number of imidazole rings is 1. The number of nitrogens with one attached hydrogen (secondary N) is 1. The van der Waals surface area contributed by atoms with Gasteiger partial charge in [-0.2, -0.15) is 0 Å². The highest BCUT2D eigenvalue weighted by molar-refractivity contribution is 5.92. The molecule has 0 fully saturated rings. The lowest BCUT2D eigenvalue weighted by molar-refractivity contribution is -0.115. The standard InChI is InChI=1S/C19H20N4O/c1-14(23-12-11-20-15(23)2)16-6-8-17(9-7-16)22-19(24)13-18-5-3-4-10-21-18/h3-12,14H,13H2,1-2H3,(H,22,24)/t14-/m0/s1. The smallest absolute Gasteiger partial charge is 0.230 e. The van der Waals surface area contributed by atoms with Crippen molar-refractivity contribution in [2.45, 2.75) is 26.3 Å². The zero-order valence-corrected chi connectivity index (χ0v) is 13.8. The molecule has 5 heteroatoms. The second kappa shape index (κ2) is 7.08. The first-order chi connectivity index (χ1) is 11.6. The lowest BCUT2D eigenvalue weighted by Gasteiger charge is -2.16. The summed E-state index contributed by atoms with van der Waals surface area (Å²) in [5.74, 6) is 0.912. The molecule has 1 atom stereocenters. The highest BCUT2D eigenvalue weighted by atomic mass is 16.1. The summed E-state index contributed by atoms with van der Waals surface area (Å²) in [6, 6.07) is 13.7. The number of carbonyl (C=O) groups is 1. The Morgan fingerprint density at radius 2 is 1.92 bits per heavy atom. The van der Waals surface area contributed by atoms with Crippen molar-refractivity contribution in [2.75, 3.05) is 5.32 Å². The summed E-state index contributed by atoms with van der Waals surface area (Å²) in [6.45, 7) is 4.12. The summed E-state index contributed by atoms with van der Waals surface area (Å²) in [6.07, 6.45) is 5.74. The number of nitrogens with zero attached hydrogens (tertiary/aromatic N) is 3. The van der Waals surface area contributed by atoms with Crippen LogP contribution in [0.4, 0.5) is 5.69 Å². The molecule has 0 aliphatic heterocycles. The van der Waals surface area contributed by atoms with Gasteiger partial charge in [-0.25, -0.2) is 4.98 Å². The normalized spacial score (nSPS) is 11.9. The number of aryl methyl sites for hydroxylation is 1. The number of benzene rings is 1. The Kier molecular flexibility index (Phi) is 4.70. The average Bonchev–Trinajstić information content (AvgIpc) is 3.02.